The van der Waals surface area contributed by atoms with Crippen LogP contribution in [0, 0.1) is 11.3 Å². The molecule has 126 valence electrons. The number of hydrogen-bond acceptors (Lipinski definition) is 2. The van der Waals surface area contributed by atoms with E-state index in [2.05, 4.69) is 51.8 Å². The van der Waals surface area contributed by atoms with Gasteiger partial charge in [0.05, 0.1) is 0 Å². The summed E-state index contributed by atoms with van der Waals surface area (Å²) in [6, 6.07) is 1.58. The van der Waals surface area contributed by atoms with E-state index >= 15 is 0 Å². The molecular weight excluding hydrogens is 256 g/mol. The van der Waals surface area contributed by atoms with Gasteiger partial charge in [-0.15, -0.1) is 0 Å². The molecule has 1 aliphatic carbocycles. The lowest BCUT2D eigenvalue weighted by atomic mass is 9.83. The van der Waals surface area contributed by atoms with Crippen LogP contribution >= 0.6 is 0 Å². The molecule has 0 radical (unpaired) electrons. The Balaban J connectivity index is 2.67. The van der Waals surface area contributed by atoms with Crippen molar-refractivity contribution < 1.29 is 0 Å². The van der Waals surface area contributed by atoms with Gasteiger partial charge in [0, 0.05) is 31.7 Å². The molecule has 1 unspecified atom stereocenters. The Labute approximate surface area is 134 Å². The molecule has 0 amide bonds. The molecule has 21 heavy (non-hydrogen) atoms. The predicted octanol–water partition coefficient (Wildman–Crippen LogP) is 4.69. The molecular formula is C19H40N2. The van der Waals surface area contributed by atoms with Crippen molar-refractivity contribution in [2.75, 3.05) is 19.6 Å². The highest BCUT2D eigenvalue weighted by Crippen LogP contribution is 2.28. The molecule has 1 N–H and O–H groups in total. The van der Waals surface area contributed by atoms with Crippen molar-refractivity contribution in [3.05, 3.63) is 0 Å². The molecule has 2 nitrogen and oxygen atoms in total. The van der Waals surface area contributed by atoms with E-state index in [0.29, 0.717) is 5.41 Å². The van der Waals surface area contributed by atoms with E-state index in [1.807, 2.05) is 0 Å². The minimum Gasteiger partial charge on any atom is -0.313 e. The van der Waals surface area contributed by atoms with E-state index in [1.54, 1.807) is 0 Å². The second-order valence-corrected chi connectivity index (χ2v) is 8.01. The van der Waals surface area contributed by atoms with E-state index < -0.39 is 0 Å². The van der Waals surface area contributed by atoms with Crippen LogP contribution in [0.25, 0.3) is 0 Å². The standard InChI is InChI=1S/C19H40N2/c1-7-12-19(6,14-20-17-10-11-17)15-21(13-16(4)5)18(8-2)9-3/h16-18,20H,7-15H2,1-6H3. The molecule has 2 heteroatoms. The van der Waals surface area contributed by atoms with Gasteiger partial charge >= 0.3 is 0 Å². The molecule has 0 aromatic carbocycles. The minimum atomic E-state index is 0.425. The van der Waals surface area contributed by atoms with E-state index in [9.17, 15) is 0 Å². The lowest BCUT2D eigenvalue weighted by molar-refractivity contribution is 0.0922. The zero-order chi connectivity index (χ0) is 15.9. The largest absolute Gasteiger partial charge is 0.313 e. The molecule has 1 aliphatic rings. The van der Waals surface area contributed by atoms with E-state index in [-0.39, 0.29) is 0 Å². The summed E-state index contributed by atoms with van der Waals surface area (Å²) in [6.45, 7) is 17.9. The smallest absolute Gasteiger partial charge is 0.00903 e. The predicted molar refractivity (Wildman–Crippen MR) is 94.8 cm³/mol. The highest BCUT2D eigenvalue weighted by atomic mass is 15.2. The summed E-state index contributed by atoms with van der Waals surface area (Å²) in [4.78, 5) is 2.79. The fourth-order valence-electron chi connectivity index (χ4n) is 3.61. The first kappa shape index (κ1) is 19.0. The number of nitrogens with zero attached hydrogens (tertiary/aromatic N) is 1. The summed E-state index contributed by atoms with van der Waals surface area (Å²) in [6.07, 6.45) is 7.97. The fourth-order valence-corrected chi connectivity index (χ4v) is 3.61. The van der Waals surface area contributed by atoms with E-state index in [0.717, 1.165) is 18.0 Å². The van der Waals surface area contributed by atoms with Gasteiger partial charge in [-0.1, -0.05) is 48.0 Å². The van der Waals surface area contributed by atoms with Crippen LogP contribution in [0.3, 0.4) is 0 Å². The quantitative estimate of drug-likeness (QED) is 0.562. The van der Waals surface area contributed by atoms with Gasteiger partial charge in [-0.2, -0.15) is 0 Å². The van der Waals surface area contributed by atoms with Crippen LogP contribution < -0.4 is 5.32 Å². The van der Waals surface area contributed by atoms with Crippen molar-refractivity contribution in [3.8, 4) is 0 Å². The molecule has 0 aromatic rings. The summed E-state index contributed by atoms with van der Waals surface area (Å²) in [5.74, 6) is 0.757. The number of rotatable bonds is 12. The number of hydrogen-bond donors (Lipinski definition) is 1. The average Bonchev–Trinajstić information content (AvgIpc) is 3.21. The maximum atomic E-state index is 3.79. The normalized spacial score (nSPS) is 18.7. The fraction of sp³-hybridized carbons (Fsp3) is 1.00. The average molecular weight is 297 g/mol. The third kappa shape index (κ3) is 7.15. The van der Waals surface area contributed by atoms with Crippen molar-refractivity contribution in [2.24, 2.45) is 11.3 Å². The topological polar surface area (TPSA) is 15.3 Å². The Morgan fingerprint density at radius 3 is 2.19 bits per heavy atom. The van der Waals surface area contributed by atoms with E-state index in [4.69, 9.17) is 0 Å². The van der Waals surface area contributed by atoms with Crippen LogP contribution in [0.5, 0.6) is 0 Å². The van der Waals surface area contributed by atoms with Gasteiger partial charge in [-0.05, 0) is 43.4 Å². The van der Waals surface area contributed by atoms with Gasteiger partial charge in [0.25, 0.3) is 0 Å². The van der Waals surface area contributed by atoms with Crippen molar-refractivity contribution in [1.82, 2.24) is 10.2 Å². The van der Waals surface area contributed by atoms with Gasteiger partial charge < -0.3 is 5.32 Å². The van der Waals surface area contributed by atoms with Crippen molar-refractivity contribution in [2.45, 2.75) is 92.2 Å². The molecule has 0 spiro atoms. The molecule has 1 atom stereocenters. The summed E-state index contributed by atoms with van der Waals surface area (Å²) < 4.78 is 0. The second kappa shape index (κ2) is 9.15. The molecule has 0 saturated heterocycles. The van der Waals surface area contributed by atoms with Crippen molar-refractivity contribution in [1.29, 1.82) is 0 Å². The first-order valence-electron chi connectivity index (χ1n) is 9.41. The van der Waals surface area contributed by atoms with Crippen LogP contribution in [0.4, 0.5) is 0 Å². The Hall–Kier alpha value is -0.0800. The Kier molecular flexibility index (Phi) is 8.26. The SMILES string of the molecule is CCCC(C)(CNC1CC1)CN(CC(C)C)C(CC)CC. The lowest BCUT2D eigenvalue weighted by Crippen LogP contribution is -2.47. The number of nitrogens with one attached hydrogen (secondary N) is 1. The zero-order valence-electron chi connectivity index (χ0n) is 15.5. The first-order valence-corrected chi connectivity index (χ1v) is 9.41. The van der Waals surface area contributed by atoms with Crippen molar-refractivity contribution >= 4 is 0 Å². The van der Waals surface area contributed by atoms with Crippen molar-refractivity contribution in [3.63, 3.8) is 0 Å². The van der Waals surface area contributed by atoms with Crippen LogP contribution in [-0.4, -0.2) is 36.6 Å². The monoisotopic (exact) mass is 296 g/mol. The summed E-state index contributed by atoms with van der Waals surface area (Å²) in [5, 5.41) is 3.79. The Bertz CT molecular complexity index is 269. The zero-order valence-corrected chi connectivity index (χ0v) is 15.5. The first-order chi connectivity index (χ1) is 9.94. The third-order valence-corrected chi connectivity index (χ3v) is 4.89. The summed E-state index contributed by atoms with van der Waals surface area (Å²) in [7, 11) is 0. The lowest BCUT2D eigenvalue weighted by Gasteiger charge is -2.40. The minimum absolute atomic E-state index is 0.425. The van der Waals surface area contributed by atoms with Gasteiger partial charge in [-0.3, -0.25) is 4.90 Å². The molecule has 0 heterocycles. The highest BCUT2D eigenvalue weighted by Gasteiger charge is 2.31. The van der Waals surface area contributed by atoms with Crippen LogP contribution in [0.1, 0.15) is 80.1 Å². The molecule has 1 fully saturated rings. The van der Waals surface area contributed by atoms with Gasteiger partial charge in [0.2, 0.25) is 0 Å². The second-order valence-electron chi connectivity index (χ2n) is 8.01. The van der Waals surface area contributed by atoms with Gasteiger partial charge in [0.15, 0.2) is 0 Å². The van der Waals surface area contributed by atoms with Crippen LogP contribution in [0.2, 0.25) is 0 Å². The van der Waals surface area contributed by atoms with Crippen LogP contribution in [0.15, 0.2) is 0 Å². The third-order valence-electron chi connectivity index (χ3n) is 4.89. The van der Waals surface area contributed by atoms with Gasteiger partial charge in [-0.25, -0.2) is 0 Å². The molecule has 1 saturated carbocycles. The summed E-state index contributed by atoms with van der Waals surface area (Å²) in [5.41, 5.74) is 0.425. The maximum Gasteiger partial charge on any atom is 0.00903 e. The molecule has 1 rings (SSSR count). The molecule has 0 aromatic heterocycles. The summed E-state index contributed by atoms with van der Waals surface area (Å²) >= 11 is 0. The maximum absolute atomic E-state index is 3.79. The Morgan fingerprint density at radius 1 is 1.14 bits per heavy atom. The van der Waals surface area contributed by atoms with E-state index in [1.165, 1.54) is 58.2 Å². The molecule has 0 aliphatic heterocycles. The highest BCUT2D eigenvalue weighted by molar-refractivity contribution is 4.88. The Morgan fingerprint density at radius 2 is 1.76 bits per heavy atom. The molecule has 0 bridgehead atoms. The van der Waals surface area contributed by atoms with Crippen LogP contribution in [-0.2, 0) is 0 Å². The van der Waals surface area contributed by atoms with Gasteiger partial charge in [0.1, 0.15) is 0 Å².